The molecule has 0 aliphatic carbocycles. The van der Waals surface area contributed by atoms with Crippen molar-refractivity contribution in [2.75, 3.05) is 26.2 Å². The van der Waals surface area contributed by atoms with E-state index in [1.165, 1.54) is 12.8 Å². The molecular formula is C10H20F2N2. The van der Waals surface area contributed by atoms with Crippen LogP contribution in [-0.4, -0.2) is 32.6 Å². The maximum Gasteiger partial charge on any atom is 0.250 e. The number of hydrogen-bond donors (Lipinski definition) is 2. The van der Waals surface area contributed by atoms with E-state index in [1.54, 1.807) is 0 Å². The van der Waals surface area contributed by atoms with Gasteiger partial charge in [-0.15, -0.1) is 0 Å². The predicted octanol–water partition coefficient (Wildman–Crippen LogP) is 1.62. The molecule has 14 heavy (non-hydrogen) atoms. The molecule has 0 spiro atoms. The topological polar surface area (TPSA) is 24.1 Å². The molecule has 0 bridgehead atoms. The van der Waals surface area contributed by atoms with Crippen LogP contribution in [0.15, 0.2) is 0 Å². The first-order chi connectivity index (χ1) is 6.79. The van der Waals surface area contributed by atoms with E-state index in [-0.39, 0.29) is 6.54 Å². The maximum atomic E-state index is 11.7. The lowest BCUT2D eigenvalue weighted by molar-refractivity contribution is 0.145. The number of piperidine rings is 1. The van der Waals surface area contributed by atoms with Gasteiger partial charge in [-0.1, -0.05) is 0 Å². The smallest absolute Gasteiger partial charge is 0.250 e. The Morgan fingerprint density at radius 2 is 2.29 bits per heavy atom. The summed E-state index contributed by atoms with van der Waals surface area (Å²) in [5.41, 5.74) is 0. The van der Waals surface area contributed by atoms with Gasteiger partial charge in [-0.2, -0.15) is 0 Å². The van der Waals surface area contributed by atoms with Gasteiger partial charge in [0.2, 0.25) is 0 Å². The van der Waals surface area contributed by atoms with Crippen molar-refractivity contribution in [2.24, 2.45) is 5.92 Å². The lowest BCUT2D eigenvalue weighted by Gasteiger charge is -2.22. The van der Waals surface area contributed by atoms with Crippen LogP contribution >= 0.6 is 0 Å². The molecule has 0 saturated carbocycles. The molecule has 1 unspecified atom stereocenters. The lowest BCUT2D eigenvalue weighted by Crippen LogP contribution is -2.30. The molecule has 1 saturated heterocycles. The third-order valence-corrected chi connectivity index (χ3v) is 2.66. The van der Waals surface area contributed by atoms with Crippen LogP contribution in [0.25, 0.3) is 0 Å². The van der Waals surface area contributed by atoms with Gasteiger partial charge in [0, 0.05) is 0 Å². The zero-order valence-corrected chi connectivity index (χ0v) is 8.57. The first kappa shape index (κ1) is 11.9. The summed E-state index contributed by atoms with van der Waals surface area (Å²) in [4.78, 5) is 0. The van der Waals surface area contributed by atoms with Crippen molar-refractivity contribution in [2.45, 2.75) is 32.1 Å². The zero-order valence-electron chi connectivity index (χ0n) is 8.57. The summed E-state index contributed by atoms with van der Waals surface area (Å²) in [6.07, 6.45) is 2.51. The van der Waals surface area contributed by atoms with E-state index < -0.39 is 6.43 Å². The van der Waals surface area contributed by atoms with E-state index in [9.17, 15) is 8.78 Å². The van der Waals surface area contributed by atoms with E-state index >= 15 is 0 Å². The maximum absolute atomic E-state index is 11.7. The highest BCUT2D eigenvalue weighted by molar-refractivity contribution is 4.69. The normalized spacial score (nSPS) is 22.9. The average molecular weight is 206 g/mol. The number of halogens is 2. The van der Waals surface area contributed by atoms with Gasteiger partial charge in [0.15, 0.2) is 0 Å². The van der Waals surface area contributed by atoms with Crippen LogP contribution in [-0.2, 0) is 0 Å². The largest absolute Gasteiger partial charge is 0.316 e. The molecule has 0 aromatic carbocycles. The van der Waals surface area contributed by atoms with Crippen molar-refractivity contribution >= 4 is 0 Å². The average Bonchev–Trinajstić information content (AvgIpc) is 2.18. The number of alkyl halides is 2. The molecule has 0 aromatic heterocycles. The third-order valence-electron chi connectivity index (χ3n) is 2.66. The first-order valence-corrected chi connectivity index (χ1v) is 5.48. The zero-order chi connectivity index (χ0) is 10.2. The number of hydrogen-bond acceptors (Lipinski definition) is 2. The van der Waals surface area contributed by atoms with E-state index in [0.717, 1.165) is 38.4 Å². The molecule has 0 amide bonds. The van der Waals surface area contributed by atoms with E-state index in [4.69, 9.17) is 0 Å². The second-order valence-electron chi connectivity index (χ2n) is 3.95. The van der Waals surface area contributed by atoms with Crippen LogP contribution < -0.4 is 10.6 Å². The van der Waals surface area contributed by atoms with Gasteiger partial charge in [0.1, 0.15) is 0 Å². The van der Waals surface area contributed by atoms with Crippen LogP contribution in [0.2, 0.25) is 0 Å². The van der Waals surface area contributed by atoms with Gasteiger partial charge in [0.05, 0.1) is 6.54 Å². The molecule has 0 radical (unpaired) electrons. The Morgan fingerprint density at radius 3 is 2.93 bits per heavy atom. The molecule has 2 N–H and O–H groups in total. The minimum atomic E-state index is -2.22. The molecule has 1 fully saturated rings. The molecule has 84 valence electrons. The van der Waals surface area contributed by atoms with Crippen molar-refractivity contribution in [1.29, 1.82) is 0 Å². The molecule has 0 aromatic rings. The summed E-state index contributed by atoms with van der Waals surface area (Å²) in [6, 6.07) is 0. The summed E-state index contributed by atoms with van der Waals surface area (Å²) < 4.78 is 23.5. The van der Waals surface area contributed by atoms with Crippen LogP contribution in [0.4, 0.5) is 8.78 Å². The van der Waals surface area contributed by atoms with Crippen molar-refractivity contribution in [1.82, 2.24) is 10.6 Å². The molecule has 1 heterocycles. The number of rotatable bonds is 6. The Kier molecular flexibility index (Phi) is 6.03. The van der Waals surface area contributed by atoms with Gasteiger partial charge < -0.3 is 10.6 Å². The van der Waals surface area contributed by atoms with Crippen LogP contribution in [0.5, 0.6) is 0 Å². The van der Waals surface area contributed by atoms with E-state index in [2.05, 4.69) is 10.6 Å². The minimum absolute atomic E-state index is 0.164. The summed E-state index contributed by atoms with van der Waals surface area (Å²) in [7, 11) is 0. The highest BCUT2D eigenvalue weighted by Crippen LogP contribution is 2.15. The van der Waals surface area contributed by atoms with Gasteiger partial charge in [0.25, 0.3) is 6.43 Å². The monoisotopic (exact) mass is 206 g/mol. The summed E-state index contributed by atoms with van der Waals surface area (Å²) in [5, 5.41) is 6.11. The predicted molar refractivity (Wildman–Crippen MR) is 53.7 cm³/mol. The second kappa shape index (κ2) is 7.12. The fourth-order valence-corrected chi connectivity index (χ4v) is 1.90. The summed E-state index contributed by atoms with van der Waals surface area (Å²) in [6.45, 7) is 2.80. The van der Waals surface area contributed by atoms with Crippen molar-refractivity contribution in [3.05, 3.63) is 0 Å². The SMILES string of the molecule is FC(F)CNCCCC1CCCNC1. The number of nitrogens with one attached hydrogen (secondary N) is 2. The molecule has 1 aliphatic rings. The first-order valence-electron chi connectivity index (χ1n) is 5.48. The van der Waals surface area contributed by atoms with Gasteiger partial charge in [-0.25, -0.2) is 8.78 Å². The van der Waals surface area contributed by atoms with Gasteiger partial charge in [-0.05, 0) is 51.2 Å². The highest BCUT2D eigenvalue weighted by Gasteiger charge is 2.11. The van der Waals surface area contributed by atoms with Crippen molar-refractivity contribution in [3.63, 3.8) is 0 Å². The lowest BCUT2D eigenvalue weighted by atomic mass is 9.95. The Morgan fingerprint density at radius 1 is 1.43 bits per heavy atom. The highest BCUT2D eigenvalue weighted by atomic mass is 19.3. The molecule has 1 atom stereocenters. The Labute approximate surface area is 84.4 Å². The van der Waals surface area contributed by atoms with Gasteiger partial charge >= 0.3 is 0 Å². The van der Waals surface area contributed by atoms with Crippen LogP contribution in [0.3, 0.4) is 0 Å². The molecule has 1 rings (SSSR count). The summed E-state index contributed by atoms with van der Waals surface area (Å²) >= 11 is 0. The Balaban J connectivity index is 1.87. The summed E-state index contributed by atoms with van der Waals surface area (Å²) in [5.74, 6) is 0.761. The molecule has 1 aliphatic heterocycles. The molecular weight excluding hydrogens is 186 g/mol. The second-order valence-corrected chi connectivity index (χ2v) is 3.95. The molecule has 2 nitrogen and oxygen atoms in total. The quantitative estimate of drug-likeness (QED) is 0.645. The van der Waals surface area contributed by atoms with Crippen LogP contribution in [0, 0.1) is 5.92 Å². The Hall–Kier alpha value is -0.220. The fraction of sp³-hybridized carbons (Fsp3) is 1.00. The van der Waals surface area contributed by atoms with Crippen molar-refractivity contribution < 1.29 is 8.78 Å². The fourth-order valence-electron chi connectivity index (χ4n) is 1.90. The minimum Gasteiger partial charge on any atom is -0.316 e. The third kappa shape index (κ3) is 5.50. The Bertz CT molecular complexity index is 136. The van der Waals surface area contributed by atoms with Crippen molar-refractivity contribution in [3.8, 4) is 0 Å². The van der Waals surface area contributed by atoms with Crippen LogP contribution in [0.1, 0.15) is 25.7 Å². The molecule has 4 heteroatoms. The van der Waals surface area contributed by atoms with E-state index in [0.29, 0.717) is 0 Å². The van der Waals surface area contributed by atoms with E-state index in [1.807, 2.05) is 0 Å². The van der Waals surface area contributed by atoms with Gasteiger partial charge in [-0.3, -0.25) is 0 Å². The standard InChI is InChI=1S/C10H20F2N2/c11-10(12)8-14-6-2-4-9-3-1-5-13-7-9/h9-10,13-14H,1-8H2.